The van der Waals surface area contributed by atoms with Crippen LogP contribution in [0, 0.1) is 5.92 Å². The molecule has 40 heavy (non-hydrogen) atoms. The molecule has 3 aromatic rings. The minimum Gasteiger partial charge on any atom is -0.507 e. The average Bonchev–Trinajstić information content (AvgIpc) is 2.93. The molecule has 0 bridgehead atoms. The van der Waals surface area contributed by atoms with E-state index < -0.39 is 5.41 Å². The van der Waals surface area contributed by atoms with Gasteiger partial charge in [0, 0.05) is 56.1 Å². The third-order valence-corrected chi connectivity index (χ3v) is 8.54. The zero-order valence-corrected chi connectivity index (χ0v) is 25.6. The molecular weight excluding hydrogens is 504 g/mol. The van der Waals surface area contributed by atoms with E-state index in [9.17, 15) is 10.2 Å². The largest absolute Gasteiger partial charge is 0.507 e. The smallest absolute Gasteiger partial charge is 0.126 e. The normalized spacial score (nSPS) is 12.3. The van der Waals surface area contributed by atoms with Crippen LogP contribution in [0.1, 0.15) is 79.1 Å². The summed E-state index contributed by atoms with van der Waals surface area (Å²) in [7, 11) is 6.46. The highest BCUT2D eigenvalue weighted by atomic mass is 16.5. The van der Waals surface area contributed by atoms with Gasteiger partial charge in [-0.3, -0.25) is 0 Å². The highest BCUT2D eigenvalue weighted by Crippen LogP contribution is 2.44. The number of benzene rings is 3. The Balaban J connectivity index is 2.39. The molecule has 0 atom stereocenters. The van der Waals surface area contributed by atoms with Crippen molar-refractivity contribution < 1.29 is 29.2 Å². The van der Waals surface area contributed by atoms with Gasteiger partial charge in [0.1, 0.15) is 11.5 Å². The Morgan fingerprint density at radius 3 is 1.12 bits per heavy atom. The lowest BCUT2D eigenvalue weighted by Crippen LogP contribution is -2.28. The number of aromatic hydroxyl groups is 2. The van der Waals surface area contributed by atoms with Crippen LogP contribution in [0.15, 0.2) is 48.5 Å². The Morgan fingerprint density at radius 1 is 0.550 bits per heavy atom. The van der Waals surface area contributed by atoms with E-state index >= 15 is 0 Å². The van der Waals surface area contributed by atoms with Crippen molar-refractivity contribution in [2.24, 2.45) is 5.92 Å². The third-order valence-electron chi connectivity index (χ3n) is 8.54. The highest BCUT2D eigenvalue weighted by Gasteiger charge is 2.35. The molecule has 0 heterocycles. The van der Waals surface area contributed by atoms with E-state index in [2.05, 4.69) is 58.9 Å². The van der Waals surface area contributed by atoms with E-state index in [1.54, 1.807) is 28.4 Å². The molecule has 0 fully saturated rings. The minimum absolute atomic E-state index is 0.0144. The lowest BCUT2D eigenvalue weighted by molar-refractivity contribution is 0.174. The Hall–Kier alpha value is -2.90. The van der Waals surface area contributed by atoms with E-state index in [0.29, 0.717) is 28.2 Å². The second-order valence-electron chi connectivity index (χ2n) is 11.6. The summed E-state index contributed by atoms with van der Waals surface area (Å²) in [4.78, 5) is 0. The zero-order chi connectivity index (χ0) is 29.7. The number of rotatable bonds is 13. The van der Waals surface area contributed by atoms with Crippen molar-refractivity contribution in [3.05, 3.63) is 93.0 Å². The molecular formula is C34H46O6. The first-order valence-electron chi connectivity index (χ1n) is 13.7. The van der Waals surface area contributed by atoms with Crippen LogP contribution in [0.25, 0.3) is 0 Å². The van der Waals surface area contributed by atoms with Crippen molar-refractivity contribution in [1.29, 1.82) is 0 Å². The standard InChI is InChI=1S/C34H46O6/c1-22(2)33(3,4)27-10-12-28(13-11-27)34(5,29-14-23(18-37-6)31(35)24(15-29)19-38-7)30-16-25(20-39-8)32(36)26(17-30)21-40-9/h10-17,22,35-36H,18-21H2,1-9H3. The maximum Gasteiger partial charge on any atom is 0.126 e. The molecule has 2 N–H and O–H groups in total. The number of phenols is 2. The molecule has 6 nitrogen and oxygen atoms in total. The highest BCUT2D eigenvalue weighted by molar-refractivity contribution is 5.57. The van der Waals surface area contributed by atoms with Crippen molar-refractivity contribution in [2.75, 3.05) is 28.4 Å². The van der Waals surface area contributed by atoms with Crippen LogP contribution in [-0.2, 0) is 56.2 Å². The van der Waals surface area contributed by atoms with Gasteiger partial charge in [0.25, 0.3) is 0 Å². The van der Waals surface area contributed by atoms with Crippen LogP contribution >= 0.6 is 0 Å². The molecule has 0 saturated carbocycles. The summed E-state index contributed by atoms with van der Waals surface area (Å²) in [5.74, 6) is 0.824. The molecule has 0 aromatic heterocycles. The minimum atomic E-state index is -0.669. The number of hydrogen-bond donors (Lipinski definition) is 2. The topological polar surface area (TPSA) is 77.4 Å². The second kappa shape index (κ2) is 13.2. The quantitative estimate of drug-likeness (QED) is 0.224. The van der Waals surface area contributed by atoms with Gasteiger partial charge in [0.05, 0.1) is 26.4 Å². The first-order valence-corrected chi connectivity index (χ1v) is 13.7. The first kappa shape index (κ1) is 31.6. The van der Waals surface area contributed by atoms with Gasteiger partial charge < -0.3 is 29.2 Å². The van der Waals surface area contributed by atoms with Crippen molar-refractivity contribution in [3.8, 4) is 11.5 Å². The van der Waals surface area contributed by atoms with Gasteiger partial charge in [-0.05, 0) is 64.8 Å². The SMILES string of the molecule is COCc1cc(C(C)(c2ccc(C(C)(C)C(C)C)cc2)c2cc(COC)c(O)c(COC)c2)cc(COC)c1O. The molecule has 0 amide bonds. The van der Waals surface area contributed by atoms with E-state index in [4.69, 9.17) is 18.9 Å². The van der Waals surface area contributed by atoms with Crippen molar-refractivity contribution in [2.45, 2.75) is 71.9 Å². The maximum absolute atomic E-state index is 11.0. The Labute approximate surface area is 239 Å². The molecule has 0 aliphatic carbocycles. The molecule has 0 unspecified atom stereocenters. The van der Waals surface area contributed by atoms with E-state index in [0.717, 1.165) is 16.7 Å². The summed E-state index contributed by atoms with van der Waals surface area (Å²) < 4.78 is 21.8. The Kier molecular flexibility index (Phi) is 10.4. The lowest BCUT2D eigenvalue weighted by Gasteiger charge is -2.35. The number of ether oxygens (including phenoxy) is 4. The Morgan fingerprint density at radius 2 is 0.850 bits per heavy atom. The molecule has 0 aliphatic heterocycles. The van der Waals surface area contributed by atoms with Gasteiger partial charge in [-0.15, -0.1) is 0 Å². The van der Waals surface area contributed by atoms with Crippen LogP contribution in [0.3, 0.4) is 0 Å². The molecule has 3 rings (SSSR count). The van der Waals surface area contributed by atoms with Crippen molar-refractivity contribution in [3.63, 3.8) is 0 Å². The predicted octanol–water partition coefficient (Wildman–Crippen LogP) is 6.97. The van der Waals surface area contributed by atoms with Gasteiger partial charge in [-0.2, -0.15) is 0 Å². The van der Waals surface area contributed by atoms with Crippen LogP contribution in [0.5, 0.6) is 11.5 Å². The maximum atomic E-state index is 11.0. The van der Waals surface area contributed by atoms with Crippen molar-refractivity contribution >= 4 is 0 Å². The van der Waals surface area contributed by atoms with Crippen LogP contribution in [-0.4, -0.2) is 38.7 Å². The first-order chi connectivity index (χ1) is 18.9. The summed E-state index contributed by atoms with van der Waals surface area (Å²) in [6.07, 6.45) is 0. The van der Waals surface area contributed by atoms with Gasteiger partial charge >= 0.3 is 0 Å². The van der Waals surface area contributed by atoms with Crippen LogP contribution in [0.4, 0.5) is 0 Å². The van der Waals surface area contributed by atoms with E-state index in [-0.39, 0.29) is 43.3 Å². The predicted molar refractivity (Wildman–Crippen MR) is 159 cm³/mol. The fraction of sp³-hybridized carbons (Fsp3) is 0.471. The van der Waals surface area contributed by atoms with Gasteiger partial charge in [-0.25, -0.2) is 0 Å². The second-order valence-corrected chi connectivity index (χ2v) is 11.6. The molecule has 0 saturated heterocycles. The molecule has 0 radical (unpaired) electrons. The van der Waals surface area contributed by atoms with Gasteiger partial charge in [0.2, 0.25) is 0 Å². The molecule has 3 aromatic carbocycles. The third kappa shape index (κ3) is 6.21. The fourth-order valence-corrected chi connectivity index (χ4v) is 5.23. The number of methoxy groups -OCH3 is 4. The summed E-state index contributed by atoms with van der Waals surface area (Å²) in [6.45, 7) is 12.2. The average molecular weight is 551 g/mol. The summed E-state index contributed by atoms with van der Waals surface area (Å²) in [6, 6.07) is 16.8. The monoisotopic (exact) mass is 550 g/mol. The zero-order valence-electron chi connectivity index (χ0n) is 25.6. The summed E-state index contributed by atoms with van der Waals surface area (Å²) in [5.41, 5.74) is 6.37. The number of phenolic OH excluding ortho intramolecular Hbond substituents is 2. The number of hydrogen-bond acceptors (Lipinski definition) is 6. The molecule has 218 valence electrons. The van der Waals surface area contributed by atoms with Gasteiger partial charge in [-0.1, -0.05) is 52.0 Å². The molecule has 0 spiro atoms. The van der Waals surface area contributed by atoms with E-state index in [1.165, 1.54) is 5.56 Å². The van der Waals surface area contributed by atoms with Crippen LogP contribution in [0.2, 0.25) is 0 Å². The van der Waals surface area contributed by atoms with Crippen molar-refractivity contribution in [1.82, 2.24) is 0 Å². The lowest BCUT2D eigenvalue weighted by atomic mass is 9.68. The summed E-state index contributed by atoms with van der Waals surface area (Å²) >= 11 is 0. The fourth-order valence-electron chi connectivity index (χ4n) is 5.23. The molecule has 6 heteroatoms. The molecule has 0 aliphatic rings. The Bertz CT molecular complexity index is 1160. The van der Waals surface area contributed by atoms with E-state index in [1.807, 2.05) is 24.3 Å². The van der Waals surface area contributed by atoms with Crippen LogP contribution < -0.4 is 0 Å². The summed E-state index contributed by atoms with van der Waals surface area (Å²) in [5, 5.41) is 22.0. The van der Waals surface area contributed by atoms with Gasteiger partial charge in [0.15, 0.2) is 0 Å².